The Bertz CT molecular complexity index is 433. The van der Waals surface area contributed by atoms with Crippen LogP contribution in [-0.4, -0.2) is 30.4 Å². The van der Waals surface area contributed by atoms with E-state index in [9.17, 15) is 4.79 Å². The number of likely N-dealkylation sites (tertiary alicyclic amines) is 1. The van der Waals surface area contributed by atoms with E-state index in [4.69, 9.17) is 5.73 Å². The lowest BCUT2D eigenvalue weighted by molar-refractivity contribution is 0.0787. The molecule has 1 aliphatic heterocycles. The van der Waals surface area contributed by atoms with Crippen LogP contribution in [0.15, 0.2) is 22.7 Å². The van der Waals surface area contributed by atoms with Crippen LogP contribution in [0.25, 0.3) is 0 Å². The Hall–Kier alpha value is -0.870. The number of amides is 1. The van der Waals surface area contributed by atoms with Crippen LogP contribution in [0.3, 0.4) is 0 Å². The summed E-state index contributed by atoms with van der Waals surface area (Å²) in [7, 11) is 0. The monoisotopic (exact) mass is 296 g/mol. The Kier molecular flexibility index (Phi) is 3.84. The standard InChI is InChI=1S/C13H17BrN2O/c1-9-11(3-2-4-12(9)14)13(17)16-6-5-10(7-15)8-16/h2-4,10H,5-8,15H2,1H3. The van der Waals surface area contributed by atoms with E-state index in [1.165, 1.54) is 0 Å². The number of halogens is 1. The molecule has 0 radical (unpaired) electrons. The molecule has 3 nitrogen and oxygen atoms in total. The number of hydrogen-bond acceptors (Lipinski definition) is 2. The van der Waals surface area contributed by atoms with Gasteiger partial charge in [0.05, 0.1) is 0 Å². The lowest BCUT2D eigenvalue weighted by Crippen LogP contribution is -2.30. The van der Waals surface area contributed by atoms with Crippen molar-refractivity contribution in [1.82, 2.24) is 4.90 Å². The maximum Gasteiger partial charge on any atom is 0.254 e. The second-order valence-electron chi connectivity index (χ2n) is 4.55. The molecule has 1 aliphatic rings. The highest BCUT2D eigenvalue weighted by Crippen LogP contribution is 2.23. The van der Waals surface area contributed by atoms with Crippen LogP contribution in [0, 0.1) is 12.8 Å². The molecule has 0 spiro atoms. The smallest absolute Gasteiger partial charge is 0.254 e. The molecule has 0 aliphatic carbocycles. The van der Waals surface area contributed by atoms with Crippen LogP contribution in [0.4, 0.5) is 0 Å². The third-order valence-corrected chi connectivity index (χ3v) is 4.26. The number of carbonyl (C=O) groups is 1. The molecule has 17 heavy (non-hydrogen) atoms. The number of nitrogens with two attached hydrogens (primary N) is 1. The zero-order valence-electron chi connectivity index (χ0n) is 9.95. The van der Waals surface area contributed by atoms with E-state index in [0.29, 0.717) is 12.5 Å². The highest BCUT2D eigenvalue weighted by molar-refractivity contribution is 9.10. The zero-order chi connectivity index (χ0) is 12.4. The predicted molar refractivity (Wildman–Crippen MR) is 71.9 cm³/mol. The largest absolute Gasteiger partial charge is 0.338 e. The Labute approximate surface area is 110 Å². The lowest BCUT2D eigenvalue weighted by Gasteiger charge is -2.18. The molecule has 1 heterocycles. The number of rotatable bonds is 2. The minimum Gasteiger partial charge on any atom is -0.338 e. The molecule has 1 atom stereocenters. The minimum atomic E-state index is 0.125. The van der Waals surface area contributed by atoms with Crippen molar-refractivity contribution in [2.24, 2.45) is 11.7 Å². The number of benzene rings is 1. The first kappa shape index (κ1) is 12.6. The second-order valence-corrected chi connectivity index (χ2v) is 5.41. The van der Waals surface area contributed by atoms with Crippen molar-refractivity contribution in [2.45, 2.75) is 13.3 Å². The average Bonchev–Trinajstić information content (AvgIpc) is 2.80. The van der Waals surface area contributed by atoms with Gasteiger partial charge in [0.15, 0.2) is 0 Å². The molecule has 0 bridgehead atoms. The molecule has 4 heteroatoms. The summed E-state index contributed by atoms with van der Waals surface area (Å²) < 4.78 is 0.984. The maximum atomic E-state index is 12.3. The average molecular weight is 297 g/mol. The fourth-order valence-corrected chi connectivity index (χ4v) is 2.59. The molecule has 0 aromatic heterocycles. The van der Waals surface area contributed by atoms with Crippen molar-refractivity contribution in [2.75, 3.05) is 19.6 Å². The second kappa shape index (κ2) is 5.19. The van der Waals surface area contributed by atoms with Gasteiger partial charge in [-0.25, -0.2) is 0 Å². The van der Waals surface area contributed by atoms with Gasteiger partial charge >= 0.3 is 0 Å². The zero-order valence-corrected chi connectivity index (χ0v) is 11.5. The third kappa shape index (κ3) is 2.53. The van der Waals surface area contributed by atoms with Crippen molar-refractivity contribution in [1.29, 1.82) is 0 Å². The summed E-state index contributed by atoms with van der Waals surface area (Å²) >= 11 is 3.46. The van der Waals surface area contributed by atoms with Crippen LogP contribution in [0.5, 0.6) is 0 Å². The maximum absolute atomic E-state index is 12.3. The van der Waals surface area contributed by atoms with Gasteiger partial charge in [-0.3, -0.25) is 4.79 Å². The van der Waals surface area contributed by atoms with E-state index < -0.39 is 0 Å². The summed E-state index contributed by atoms with van der Waals surface area (Å²) in [5.41, 5.74) is 7.44. The van der Waals surface area contributed by atoms with Gasteiger partial charge < -0.3 is 10.6 Å². The molecule has 1 unspecified atom stereocenters. The first-order valence-corrected chi connectivity index (χ1v) is 6.67. The summed E-state index contributed by atoms with van der Waals surface area (Å²) in [6.07, 6.45) is 1.02. The van der Waals surface area contributed by atoms with Crippen LogP contribution < -0.4 is 5.73 Å². The molecule has 0 saturated carbocycles. The topological polar surface area (TPSA) is 46.3 Å². The van der Waals surface area contributed by atoms with Gasteiger partial charge in [-0.1, -0.05) is 22.0 Å². The molecular weight excluding hydrogens is 280 g/mol. The van der Waals surface area contributed by atoms with Crippen molar-refractivity contribution in [3.63, 3.8) is 0 Å². The Morgan fingerprint density at radius 1 is 1.59 bits per heavy atom. The summed E-state index contributed by atoms with van der Waals surface area (Å²) in [6.45, 7) is 4.25. The molecule has 1 aromatic carbocycles. The summed E-state index contributed by atoms with van der Waals surface area (Å²) in [5.74, 6) is 0.589. The van der Waals surface area contributed by atoms with Gasteiger partial charge in [0.2, 0.25) is 0 Å². The number of hydrogen-bond donors (Lipinski definition) is 1. The van der Waals surface area contributed by atoms with Crippen molar-refractivity contribution in [3.8, 4) is 0 Å². The normalized spacial score (nSPS) is 19.7. The molecule has 1 amide bonds. The van der Waals surface area contributed by atoms with E-state index in [1.807, 2.05) is 30.0 Å². The highest BCUT2D eigenvalue weighted by Gasteiger charge is 2.26. The Morgan fingerprint density at radius 3 is 3.00 bits per heavy atom. The molecule has 1 fully saturated rings. The minimum absolute atomic E-state index is 0.125. The molecule has 1 aromatic rings. The van der Waals surface area contributed by atoms with Gasteiger partial charge in [0.1, 0.15) is 0 Å². The highest BCUT2D eigenvalue weighted by atomic mass is 79.9. The fourth-order valence-electron chi connectivity index (χ4n) is 2.22. The molecule has 1 saturated heterocycles. The van der Waals surface area contributed by atoms with E-state index in [-0.39, 0.29) is 5.91 Å². The summed E-state index contributed by atoms with van der Waals surface area (Å²) in [4.78, 5) is 14.3. The van der Waals surface area contributed by atoms with Gasteiger partial charge in [-0.2, -0.15) is 0 Å². The molecule has 2 rings (SSSR count). The van der Waals surface area contributed by atoms with Crippen LogP contribution in [-0.2, 0) is 0 Å². The quantitative estimate of drug-likeness (QED) is 0.909. The lowest BCUT2D eigenvalue weighted by atomic mass is 10.1. The van der Waals surface area contributed by atoms with Crippen molar-refractivity contribution >= 4 is 21.8 Å². The van der Waals surface area contributed by atoms with Gasteiger partial charge in [-0.15, -0.1) is 0 Å². The SMILES string of the molecule is Cc1c(Br)cccc1C(=O)N1CCC(CN)C1. The first-order valence-electron chi connectivity index (χ1n) is 5.88. The number of nitrogens with zero attached hydrogens (tertiary/aromatic N) is 1. The van der Waals surface area contributed by atoms with E-state index in [2.05, 4.69) is 15.9 Å². The van der Waals surface area contributed by atoms with Crippen LogP contribution in [0.2, 0.25) is 0 Å². The Morgan fingerprint density at radius 2 is 2.35 bits per heavy atom. The number of carbonyl (C=O) groups excluding carboxylic acids is 1. The third-order valence-electron chi connectivity index (χ3n) is 3.40. The van der Waals surface area contributed by atoms with Crippen molar-refractivity contribution in [3.05, 3.63) is 33.8 Å². The van der Waals surface area contributed by atoms with E-state index in [1.54, 1.807) is 0 Å². The summed E-state index contributed by atoms with van der Waals surface area (Å²) in [5, 5.41) is 0. The molecule has 2 N–H and O–H groups in total. The van der Waals surface area contributed by atoms with Crippen LogP contribution in [0.1, 0.15) is 22.3 Å². The summed E-state index contributed by atoms with van der Waals surface area (Å²) in [6, 6.07) is 5.75. The molecule has 92 valence electrons. The van der Waals surface area contributed by atoms with Gasteiger partial charge in [0.25, 0.3) is 5.91 Å². The molecular formula is C13H17BrN2O. The van der Waals surface area contributed by atoms with E-state index in [0.717, 1.165) is 35.1 Å². The van der Waals surface area contributed by atoms with E-state index >= 15 is 0 Å². The van der Waals surface area contributed by atoms with Gasteiger partial charge in [0, 0.05) is 23.1 Å². The van der Waals surface area contributed by atoms with Gasteiger partial charge in [-0.05, 0) is 43.5 Å². The first-order chi connectivity index (χ1) is 8.13. The fraction of sp³-hybridized carbons (Fsp3) is 0.462. The van der Waals surface area contributed by atoms with Crippen molar-refractivity contribution < 1.29 is 4.79 Å². The Balaban J connectivity index is 2.18. The van der Waals surface area contributed by atoms with Crippen LogP contribution >= 0.6 is 15.9 Å². The predicted octanol–water partition coefficient (Wildman–Crippen LogP) is 2.18.